The molecule has 9 heteroatoms. The summed E-state index contributed by atoms with van der Waals surface area (Å²) in [4.78, 5) is 46.2. The number of carbonyl (C=O) groups is 2. The summed E-state index contributed by atoms with van der Waals surface area (Å²) in [6.07, 6.45) is 0.839. The third-order valence-electron chi connectivity index (χ3n) is 5.88. The zero-order valence-electron chi connectivity index (χ0n) is 20.1. The molecule has 0 N–H and O–H groups in total. The SMILES string of the molecule is CCCOc1cccc(C2c3c(oc4ccccc4c3=O)C(=O)N2c2nc(C)c(C(=O)OCC)s2)c1. The first-order valence-electron chi connectivity index (χ1n) is 11.7. The smallest absolute Gasteiger partial charge is 0.350 e. The molecular formula is C27H24N2O6S. The Hall–Kier alpha value is -3.98. The van der Waals surface area contributed by atoms with Crippen molar-refractivity contribution in [1.82, 2.24) is 4.98 Å². The quantitative estimate of drug-likeness (QED) is 0.316. The summed E-state index contributed by atoms with van der Waals surface area (Å²) < 4.78 is 16.9. The van der Waals surface area contributed by atoms with Crippen molar-refractivity contribution in [2.24, 2.45) is 0 Å². The summed E-state index contributed by atoms with van der Waals surface area (Å²) in [7, 11) is 0. The number of esters is 1. The number of nitrogens with zero attached hydrogens (tertiary/aromatic N) is 2. The van der Waals surface area contributed by atoms with Gasteiger partial charge in [0.1, 0.15) is 16.2 Å². The molecule has 5 rings (SSSR count). The molecule has 4 aromatic rings. The van der Waals surface area contributed by atoms with Crippen molar-refractivity contribution >= 4 is 39.3 Å². The van der Waals surface area contributed by atoms with Gasteiger partial charge in [0.25, 0.3) is 5.91 Å². The van der Waals surface area contributed by atoms with Gasteiger partial charge in [-0.2, -0.15) is 0 Å². The van der Waals surface area contributed by atoms with E-state index in [1.807, 2.05) is 31.2 Å². The fourth-order valence-electron chi connectivity index (χ4n) is 4.30. The summed E-state index contributed by atoms with van der Waals surface area (Å²) in [6, 6.07) is 13.3. The van der Waals surface area contributed by atoms with Gasteiger partial charge in [-0.05, 0) is 50.1 Å². The Kier molecular flexibility index (Phi) is 6.32. The molecule has 36 heavy (non-hydrogen) atoms. The first kappa shape index (κ1) is 23.7. The molecular weight excluding hydrogens is 480 g/mol. The average molecular weight is 505 g/mol. The Balaban J connectivity index is 1.71. The number of fused-ring (bicyclic) bond motifs is 2. The third-order valence-corrected chi connectivity index (χ3v) is 7.01. The third kappa shape index (κ3) is 3.95. The first-order valence-corrected chi connectivity index (χ1v) is 12.5. The predicted octanol–water partition coefficient (Wildman–Crippen LogP) is 5.27. The predicted molar refractivity (Wildman–Crippen MR) is 136 cm³/mol. The van der Waals surface area contributed by atoms with E-state index < -0.39 is 17.9 Å². The van der Waals surface area contributed by atoms with E-state index in [0.717, 1.165) is 17.8 Å². The van der Waals surface area contributed by atoms with Crippen molar-refractivity contribution in [1.29, 1.82) is 0 Å². The van der Waals surface area contributed by atoms with Crippen LogP contribution in [0.3, 0.4) is 0 Å². The topological polar surface area (TPSA) is 98.9 Å². The molecule has 0 aliphatic carbocycles. The number of hydrogen-bond donors (Lipinski definition) is 0. The molecule has 1 aliphatic rings. The van der Waals surface area contributed by atoms with Crippen LogP contribution in [0.1, 0.15) is 63.4 Å². The number of benzene rings is 2. The van der Waals surface area contributed by atoms with E-state index in [1.165, 1.54) is 4.90 Å². The van der Waals surface area contributed by atoms with Crippen molar-refractivity contribution in [2.45, 2.75) is 33.2 Å². The molecule has 1 atom stereocenters. The number of hydrogen-bond acceptors (Lipinski definition) is 8. The van der Waals surface area contributed by atoms with Gasteiger partial charge < -0.3 is 13.9 Å². The molecule has 3 heterocycles. The lowest BCUT2D eigenvalue weighted by atomic mass is 9.98. The summed E-state index contributed by atoms with van der Waals surface area (Å²) in [6.45, 7) is 6.18. The number of carbonyl (C=O) groups excluding carboxylic acids is 2. The average Bonchev–Trinajstić information content (AvgIpc) is 3.40. The fraction of sp³-hybridized carbons (Fsp3) is 0.259. The van der Waals surface area contributed by atoms with Crippen LogP contribution >= 0.6 is 11.3 Å². The number of ether oxygens (including phenoxy) is 2. The van der Waals surface area contributed by atoms with Crippen LogP contribution in [0.15, 0.2) is 57.7 Å². The largest absolute Gasteiger partial charge is 0.494 e. The van der Waals surface area contributed by atoms with Gasteiger partial charge in [0.05, 0.1) is 35.9 Å². The maximum atomic E-state index is 13.8. The van der Waals surface area contributed by atoms with Crippen molar-refractivity contribution < 1.29 is 23.5 Å². The van der Waals surface area contributed by atoms with E-state index in [4.69, 9.17) is 13.9 Å². The van der Waals surface area contributed by atoms with Crippen molar-refractivity contribution in [2.75, 3.05) is 18.1 Å². The Morgan fingerprint density at radius 1 is 1.14 bits per heavy atom. The van der Waals surface area contributed by atoms with Crippen molar-refractivity contribution in [3.63, 3.8) is 0 Å². The van der Waals surface area contributed by atoms with Crippen LogP contribution in [0.2, 0.25) is 0 Å². The van der Waals surface area contributed by atoms with E-state index >= 15 is 0 Å². The van der Waals surface area contributed by atoms with Crippen LogP contribution in [-0.4, -0.2) is 30.1 Å². The van der Waals surface area contributed by atoms with Crippen LogP contribution in [0, 0.1) is 6.92 Å². The number of amides is 1. The van der Waals surface area contributed by atoms with E-state index in [9.17, 15) is 14.4 Å². The van der Waals surface area contributed by atoms with Crippen molar-refractivity contribution in [3.8, 4) is 5.75 Å². The van der Waals surface area contributed by atoms with Gasteiger partial charge in [0, 0.05) is 0 Å². The molecule has 1 aliphatic heterocycles. The summed E-state index contributed by atoms with van der Waals surface area (Å²) in [5, 5.41) is 0.664. The van der Waals surface area contributed by atoms with Crippen LogP contribution in [-0.2, 0) is 4.74 Å². The maximum absolute atomic E-state index is 13.8. The maximum Gasteiger partial charge on any atom is 0.350 e. The first-order chi connectivity index (χ1) is 17.4. The molecule has 2 aromatic carbocycles. The van der Waals surface area contributed by atoms with Crippen LogP contribution in [0.5, 0.6) is 5.75 Å². The van der Waals surface area contributed by atoms with E-state index in [0.29, 0.717) is 39.5 Å². The second-order valence-electron chi connectivity index (χ2n) is 8.30. The van der Waals surface area contributed by atoms with E-state index in [1.54, 1.807) is 38.1 Å². The Morgan fingerprint density at radius 2 is 1.94 bits per heavy atom. The minimum absolute atomic E-state index is 0.0332. The van der Waals surface area contributed by atoms with Gasteiger partial charge in [-0.3, -0.25) is 14.5 Å². The van der Waals surface area contributed by atoms with Gasteiger partial charge in [-0.15, -0.1) is 0 Å². The summed E-state index contributed by atoms with van der Waals surface area (Å²) >= 11 is 1.05. The highest BCUT2D eigenvalue weighted by Gasteiger charge is 2.45. The Labute approximate surface area is 211 Å². The molecule has 1 amide bonds. The molecule has 1 unspecified atom stereocenters. The highest BCUT2D eigenvalue weighted by atomic mass is 32.1. The molecule has 0 spiro atoms. The molecule has 0 saturated carbocycles. The standard InChI is InChI=1S/C27H24N2O6S/c1-4-13-34-17-10-8-9-16(14-17)21-20-22(30)18-11-6-7-12-19(18)35-23(20)25(31)29(21)27-28-15(3)24(36-27)26(32)33-5-2/h6-12,14,21H,4-5,13H2,1-3H3. The molecule has 8 nitrogen and oxygen atoms in total. The monoisotopic (exact) mass is 504 g/mol. The van der Waals surface area contributed by atoms with Gasteiger partial charge >= 0.3 is 5.97 Å². The van der Waals surface area contributed by atoms with Crippen LogP contribution in [0.25, 0.3) is 11.0 Å². The van der Waals surface area contributed by atoms with Gasteiger partial charge in [-0.25, -0.2) is 9.78 Å². The van der Waals surface area contributed by atoms with E-state index in [-0.39, 0.29) is 28.5 Å². The van der Waals surface area contributed by atoms with Crippen LogP contribution < -0.4 is 15.1 Å². The fourth-order valence-corrected chi connectivity index (χ4v) is 5.29. The minimum Gasteiger partial charge on any atom is -0.494 e. The summed E-state index contributed by atoms with van der Waals surface area (Å²) in [5.41, 5.74) is 1.39. The lowest BCUT2D eigenvalue weighted by molar-refractivity contribution is 0.0531. The number of anilines is 1. The van der Waals surface area contributed by atoms with Crippen molar-refractivity contribution in [3.05, 3.63) is 86.2 Å². The number of aryl methyl sites for hydroxylation is 1. The highest BCUT2D eigenvalue weighted by molar-refractivity contribution is 7.17. The highest BCUT2D eigenvalue weighted by Crippen LogP contribution is 2.43. The Bertz CT molecular complexity index is 1540. The second kappa shape index (κ2) is 9.58. The molecule has 0 radical (unpaired) electrons. The lowest BCUT2D eigenvalue weighted by Crippen LogP contribution is -2.29. The number of aromatic nitrogens is 1. The van der Waals surface area contributed by atoms with Gasteiger partial charge in [0.15, 0.2) is 10.6 Å². The normalized spacial score (nSPS) is 14.8. The molecule has 184 valence electrons. The molecule has 0 saturated heterocycles. The lowest BCUT2D eigenvalue weighted by Gasteiger charge is -2.23. The van der Waals surface area contributed by atoms with Crippen LogP contribution in [0.4, 0.5) is 5.13 Å². The van der Waals surface area contributed by atoms with E-state index in [2.05, 4.69) is 4.98 Å². The Morgan fingerprint density at radius 3 is 2.72 bits per heavy atom. The zero-order valence-corrected chi connectivity index (χ0v) is 20.9. The number of para-hydroxylation sites is 1. The second-order valence-corrected chi connectivity index (χ2v) is 9.28. The number of thiazole rings is 1. The van der Waals surface area contributed by atoms with Gasteiger partial charge in [-0.1, -0.05) is 42.5 Å². The minimum atomic E-state index is -0.806. The molecule has 2 aromatic heterocycles. The molecule has 0 fully saturated rings. The van der Waals surface area contributed by atoms with Gasteiger partial charge in [0.2, 0.25) is 5.76 Å². The zero-order chi connectivity index (χ0) is 25.4. The summed E-state index contributed by atoms with van der Waals surface area (Å²) in [5.74, 6) is -0.409. The molecule has 0 bridgehead atoms. The number of rotatable bonds is 7.